The lowest BCUT2D eigenvalue weighted by atomic mass is 10.1. The van der Waals surface area contributed by atoms with Crippen molar-refractivity contribution in [3.63, 3.8) is 0 Å². The van der Waals surface area contributed by atoms with E-state index in [1.54, 1.807) is 0 Å². The minimum Gasteiger partial charge on any atom is -0.294 e. The zero-order chi connectivity index (χ0) is 11.3. The maximum absolute atomic E-state index is 11.6. The van der Waals surface area contributed by atoms with Gasteiger partial charge in [0, 0.05) is 29.0 Å². The molecular weight excluding hydrogens is 460 g/mol. The van der Waals surface area contributed by atoms with Gasteiger partial charge >= 0.3 is 0 Å². The molecule has 0 heterocycles. The SMILES string of the molecule is O=C1CC(=O)c2c(Br)c(Br)c(Br)c(Br)c21. The Bertz CT molecular complexity index is 463. The van der Waals surface area contributed by atoms with Gasteiger partial charge in [-0.15, -0.1) is 0 Å². The van der Waals surface area contributed by atoms with Crippen LogP contribution in [0.3, 0.4) is 0 Å². The second-order valence-electron chi connectivity index (χ2n) is 3.03. The first kappa shape index (κ1) is 12.0. The van der Waals surface area contributed by atoms with E-state index in [-0.39, 0.29) is 18.0 Å². The molecule has 6 heteroatoms. The third-order valence-corrected chi connectivity index (χ3v) is 6.91. The van der Waals surface area contributed by atoms with Crippen LogP contribution >= 0.6 is 63.7 Å². The number of fused-ring (bicyclic) bond motifs is 1. The Labute approximate surface area is 119 Å². The Morgan fingerprint density at radius 3 is 1.33 bits per heavy atom. The molecule has 2 rings (SSSR count). The molecule has 1 aliphatic rings. The molecule has 1 aromatic carbocycles. The number of halogens is 4. The second-order valence-corrected chi connectivity index (χ2v) is 6.20. The fraction of sp³-hybridized carbons (Fsp3) is 0.111. The molecule has 0 aromatic heterocycles. The molecule has 0 amide bonds. The molecule has 78 valence electrons. The van der Waals surface area contributed by atoms with Gasteiger partial charge in [-0.3, -0.25) is 9.59 Å². The Morgan fingerprint density at radius 2 is 1.00 bits per heavy atom. The van der Waals surface area contributed by atoms with Crippen LogP contribution in [0.4, 0.5) is 0 Å². The van der Waals surface area contributed by atoms with Gasteiger partial charge in [0.2, 0.25) is 0 Å². The second kappa shape index (κ2) is 4.05. The van der Waals surface area contributed by atoms with Crippen LogP contribution in [-0.2, 0) is 0 Å². The summed E-state index contributed by atoms with van der Waals surface area (Å²) in [4.78, 5) is 23.2. The molecule has 0 spiro atoms. The number of hydrogen-bond acceptors (Lipinski definition) is 2. The van der Waals surface area contributed by atoms with Gasteiger partial charge in [0.25, 0.3) is 0 Å². The Balaban J connectivity index is 2.92. The highest BCUT2D eigenvalue weighted by Gasteiger charge is 2.34. The first-order valence-electron chi connectivity index (χ1n) is 3.87. The summed E-state index contributed by atoms with van der Waals surface area (Å²) in [5, 5.41) is 0. The largest absolute Gasteiger partial charge is 0.294 e. The van der Waals surface area contributed by atoms with Crippen molar-refractivity contribution >= 4 is 75.3 Å². The van der Waals surface area contributed by atoms with E-state index >= 15 is 0 Å². The monoisotopic (exact) mass is 458 g/mol. The summed E-state index contributed by atoms with van der Waals surface area (Å²) in [6.45, 7) is 0. The van der Waals surface area contributed by atoms with Crippen molar-refractivity contribution < 1.29 is 9.59 Å². The fourth-order valence-corrected chi connectivity index (χ4v) is 4.04. The first-order chi connectivity index (χ1) is 6.95. The summed E-state index contributed by atoms with van der Waals surface area (Å²) in [6, 6.07) is 0. The minimum absolute atomic E-state index is 0.0462. The smallest absolute Gasteiger partial charge is 0.172 e. The van der Waals surface area contributed by atoms with Gasteiger partial charge in [0.15, 0.2) is 11.6 Å². The molecule has 2 nitrogen and oxygen atoms in total. The van der Waals surface area contributed by atoms with Gasteiger partial charge in [-0.1, -0.05) is 0 Å². The summed E-state index contributed by atoms with van der Waals surface area (Å²) < 4.78 is 2.72. The van der Waals surface area contributed by atoms with Gasteiger partial charge < -0.3 is 0 Å². The number of benzene rings is 1. The third-order valence-electron chi connectivity index (χ3n) is 2.15. The topological polar surface area (TPSA) is 34.1 Å². The van der Waals surface area contributed by atoms with E-state index < -0.39 is 0 Å². The van der Waals surface area contributed by atoms with Crippen molar-refractivity contribution in [2.75, 3.05) is 0 Å². The number of hydrogen-bond donors (Lipinski definition) is 0. The number of rotatable bonds is 0. The highest BCUT2D eigenvalue weighted by Crippen LogP contribution is 2.45. The lowest BCUT2D eigenvalue weighted by Gasteiger charge is -2.08. The van der Waals surface area contributed by atoms with Crippen molar-refractivity contribution in [3.05, 3.63) is 29.0 Å². The number of carbonyl (C=O) groups excluding carboxylic acids is 2. The molecule has 0 saturated heterocycles. The normalized spacial score (nSPS) is 14.7. The molecule has 15 heavy (non-hydrogen) atoms. The average molecular weight is 462 g/mol. The van der Waals surface area contributed by atoms with Crippen LogP contribution in [0.2, 0.25) is 0 Å². The van der Waals surface area contributed by atoms with Crippen LogP contribution in [-0.4, -0.2) is 11.6 Å². The first-order valence-corrected chi connectivity index (χ1v) is 7.04. The molecular formula is C9H2Br4O2. The molecule has 1 aromatic rings. The predicted molar refractivity (Wildman–Crippen MR) is 70.5 cm³/mol. The quantitative estimate of drug-likeness (QED) is 0.324. The van der Waals surface area contributed by atoms with Crippen LogP contribution in [0.5, 0.6) is 0 Å². The van der Waals surface area contributed by atoms with Crippen molar-refractivity contribution in [1.29, 1.82) is 0 Å². The zero-order valence-electron chi connectivity index (χ0n) is 7.04. The maximum atomic E-state index is 11.6. The summed E-state index contributed by atoms with van der Waals surface area (Å²) in [5.41, 5.74) is 0.920. The van der Waals surface area contributed by atoms with Crippen molar-refractivity contribution in [3.8, 4) is 0 Å². The summed E-state index contributed by atoms with van der Waals surface area (Å²) in [7, 11) is 0. The molecule has 1 aliphatic carbocycles. The molecule has 0 fully saturated rings. The van der Waals surface area contributed by atoms with Crippen LogP contribution in [0.25, 0.3) is 0 Å². The number of ketones is 2. The fourth-order valence-electron chi connectivity index (χ4n) is 1.48. The molecule has 0 aliphatic heterocycles. The molecule has 0 bridgehead atoms. The van der Waals surface area contributed by atoms with Crippen molar-refractivity contribution in [1.82, 2.24) is 0 Å². The van der Waals surface area contributed by atoms with Crippen LogP contribution in [0.1, 0.15) is 27.1 Å². The van der Waals surface area contributed by atoms with Crippen molar-refractivity contribution in [2.24, 2.45) is 0 Å². The van der Waals surface area contributed by atoms with E-state index in [2.05, 4.69) is 63.7 Å². The summed E-state index contributed by atoms with van der Waals surface area (Å²) in [5.74, 6) is -0.286. The van der Waals surface area contributed by atoms with Gasteiger partial charge in [-0.25, -0.2) is 0 Å². The number of Topliss-reactive ketones (excluding diaryl/α,β-unsaturated/α-hetero) is 2. The summed E-state index contributed by atoms with van der Waals surface area (Å²) in [6.07, 6.45) is -0.0462. The van der Waals surface area contributed by atoms with Crippen LogP contribution in [0, 0.1) is 0 Å². The average Bonchev–Trinajstić information content (AvgIpc) is 2.47. The highest BCUT2D eigenvalue weighted by atomic mass is 79.9. The number of carbonyl (C=O) groups is 2. The minimum atomic E-state index is -0.143. The van der Waals surface area contributed by atoms with E-state index in [1.807, 2.05) is 0 Å². The standard InChI is InChI=1S/C9H2Br4O2/c10-6-4-2(14)1-3(15)5(4)7(11)9(13)8(6)12/h1H2. The van der Waals surface area contributed by atoms with E-state index in [4.69, 9.17) is 0 Å². The maximum Gasteiger partial charge on any atom is 0.172 e. The molecule has 0 saturated carbocycles. The lowest BCUT2D eigenvalue weighted by molar-refractivity contribution is 0.0922. The van der Waals surface area contributed by atoms with Gasteiger partial charge in [0.05, 0.1) is 6.42 Å². The summed E-state index contributed by atoms with van der Waals surface area (Å²) >= 11 is 13.3. The van der Waals surface area contributed by atoms with Crippen molar-refractivity contribution in [2.45, 2.75) is 6.42 Å². The lowest BCUT2D eigenvalue weighted by Crippen LogP contribution is -1.96. The van der Waals surface area contributed by atoms with E-state index in [9.17, 15) is 9.59 Å². The molecule has 0 atom stereocenters. The van der Waals surface area contributed by atoms with E-state index in [0.717, 1.165) is 8.95 Å². The predicted octanol–water partition coefficient (Wildman–Crippen LogP) is 4.51. The van der Waals surface area contributed by atoms with E-state index in [0.29, 0.717) is 20.1 Å². The molecule has 0 N–H and O–H groups in total. The third kappa shape index (κ3) is 1.69. The highest BCUT2D eigenvalue weighted by molar-refractivity contribution is 9.15. The van der Waals surface area contributed by atoms with Gasteiger partial charge in [0.1, 0.15) is 0 Å². The van der Waals surface area contributed by atoms with Crippen LogP contribution in [0.15, 0.2) is 17.9 Å². The van der Waals surface area contributed by atoms with Gasteiger partial charge in [-0.05, 0) is 63.7 Å². The molecule has 0 unspecified atom stereocenters. The van der Waals surface area contributed by atoms with Crippen LogP contribution < -0.4 is 0 Å². The Kier molecular flexibility index (Phi) is 3.23. The Hall–Kier alpha value is 0.480. The Morgan fingerprint density at radius 1 is 0.667 bits per heavy atom. The molecule has 0 radical (unpaired) electrons. The van der Waals surface area contributed by atoms with E-state index in [1.165, 1.54) is 0 Å². The zero-order valence-corrected chi connectivity index (χ0v) is 13.4. The van der Waals surface area contributed by atoms with Gasteiger partial charge in [-0.2, -0.15) is 0 Å².